The second kappa shape index (κ2) is 9.18. The van der Waals surface area contributed by atoms with E-state index in [1.54, 1.807) is 30.3 Å². The number of aryl methyl sites for hydroxylation is 2. The molecule has 2 aromatic carbocycles. The van der Waals surface area contributed by atoms with E-state index in [0.29, 0.717) is 28.6 Å². The number of aromatic hydroxyl groups is 1. The Balaban J connectivity index is 1.92. The highest BCUT2D eigenvalue weighted by atomic mass is 32.1. The molecule has 8 nitrogen and oxygen atoms in total. The molecular formula is C25H24N2O6S. The van der Waals surface area contributed by atoms with Crippen LogP contribution in [0.25, 0.3) is 5.76 Å². The number of benzene rings is 2. The molecule has 34 heavy (non-hydrogen) atoms. The number of phenols is 1. The maximum absolute atomic E-state index is 13.2. The van der Waals surface area contributed by atoms with Crippen molar-refractivity contribution in [2.45, 2.75) is 26.8 Å². The SMILES string of the molecule is CCOc1ccc(/C(O)=C2\C(=O)C(=O)N(c3nc(C)c(C)s3)[C@H]2c2ccc(O)c(OC)c2)cc1. The average Bonchev–Trinajstić information content (AvgIpc) is 3.29. The van der Waals surface area contributed by atoms with Crippen molar-refractivity contribution in [2.75, 3.05) is 18.6 Å². The Labute approximate surface area is 200 Å². The average molecular weight is 481 g/mol. The molecular weight excluding hydrogens is 456 g/mol. The maximum Gasteiger partial charge on any atom is 0.301 e. The number of ether oxygens (including phenoxy) is 2. The van der Waals surface area contributed by atoms with E-state index in [9.17, 15) is 19.8 Å². The van der Waals surface area contributed by atoms with Gasteiger partial charge in [-0.2, -0.15) is 0 Å². The molecule has 1 atom stereocenters. The van der Waals surface area contributed by atoms with E-state index in [0.717, 1.165) is 10.6 Å². The lowest BCUT2D eigenvalue weighted by Gasteiger charge is -2.23. The van der Waals surface area contributed by atoms with Gasteiger partial charge >= 0.3 is 5.91 Å². The molecule has 9 heteroatoms. The second-order valence-corrected chi connectivity index (χ2v) is 8.88. The lowest BCUT2D eigenvalue weighted by molar-refractivity contribution is -0.132. The molecule has 4 rings (SSSR count). The summed E-state index contributed by atoms with van der Waals surface area (Å²) in [6.07, 6.45) is 0. The minimum absolute atomic E-state index is 0.0765. The van der Waals surface area contributed by atoms with Crippen molar-refractivity contribution in [1.29, 1.82) is 0 Å². The number of Topliss-reactive ketones (excluding diaryl/α,β-unsaturated/α-hetero) is 1. The molecule has 0 bridgehead atoms. The summed E-state index contributed by atoms with van der Waals surface area (Å²) in [5, 5.41) is 21.6. The summed E-state index contributed by atoms with van der Waals surface area (Å²) < 4.78 is 10.7. The Morgan fingerprint density at radius 3 is 2.44 bits per heavy atom. The van der Waals surface area contributed by atoms with Gasteiger partial charge in [0.2, 0.25) is 0 Å². The third-order valence-electron chi connectivity index (χ3n) is 5.63. The highest BCUT2D eigenvalue weighted by Gasteiger charge is 2.48. The zero-order valence-electron chi connectivity index (χ0n) is 19.2. The third-order valence-corrected chi connectivity index (χ3v) is 6.70. The summed E-state index contributed by atoms with van der Waals surface area (Å²) in [6, 6.07) is 10.2. The van der Waals surface area contributed by atoms with Gasteiger partial charge in [-0.05, 0) is 62.7 Å². The van der Waals surface area contributed by atoms with Gasteiger partial charge in [0.1, 0.15) is 11.5 Å². The summed E-state index contributed by atoms with van der Waals surface area (Å²) in [5.41, 5.74) is 1.51. The van der Waals surface area contributed by atoms with Gasteiger partial charge in [-0.25, -0.2) is 4.98 Å². The van der Waals surface area contributed by atoms with Crippen molar-refractivity contribution in [1.82, 2.24) is 4.98 Å². The number of anilines is 1. The third kappa shape index (κ3) is 3.99. The molecule has 0 saturated carbocycles. The molecule has 0 aliphatic carbocycles. The number of methoxy groups -OCH3 is 1. The van der Waals surface area contributed by atoms with Crippen molar-refractivity contribution in [3.05, 3.63) is 69.7 Å². The topological polar surface area (TPSA) is 109 Å². The first kappa shape index (κ1) is 23.3. The van der Waals surface area contributed by atoms with Gasteiger partial charge < -0.3 is 19.7 Å². The van der Waals surface area contributed by atoms with Crippen molar-refractivity contribution in [3.8, 4) is 17.2 Å². The largest absolute Gasteiger partial charge is 0.507 e. The minimum atomic E-state index is -0.967. The zero-order chi connectivity index (χ0) is 24.6. The summed E-state index contributed by atoms with van der Waals surface area (Å²) >= 11 is 1.29. The van der Waals surface area contributed by atoms with Crippen LogP contribution in [0, 0.1) is 13.8 Å². The van der Waals surface area contributed by atoms with E-state index in [-0.39, 0.29) is 22.8 Å². The van der Waals surface area contributed by atoms with Gasteiger partial charge in [0.25, 0.3) is 5.78 Å². The lowest BCUT2D eigenvalue weighted by atomic mass is 9.95. The smallest absolute Gasteiger partial charge is 0.301 e. The van der Waals surface area contributed by atoms with Crippen LogP contribution in [-0.4, -0.2) is 40.6 Å². The predicted molar refractivity (Wildman–Crippen MR) is 129 cm³/mol. The number of aromatic nitrogens is 1. The Bertz CT molecular complexity index is 1280. The number of carbonyl (C=O) groups excluding carboxylic acids is 2. The van der Waals surface area contributed by atoms with Crippen molar-refractivity contribution < 1.29 is 29.3 Å². The van der Waals surface area contributed by atoms with Crippen LogP contribution < -0.4 is 14.4 Å². The zero-order valence-corrected chi connectivity index (χ0v) is 20.0. The number of hydrogen-bond acceptors (Lipinski definition) is 8. The highest BCUT2D eigenvalue weighted by Crippen LogP contribution is 2.45. The van der Waals surface area contributed by atoms with Crippen LogP contribution in [0.3, 0.4) is 0 Å². The van der Waals surface area contributed by atoms with E-state index in [2.05, 4.69) is 4.98 Å². The summed E-state index contributed by atoms with van der Waals surface area (Å²) in [5.74, 6) is -1.22. The van der Waals surface area contributed by atoms with Crippen LogP contribution in [0.1, 0.15) is 34.7 Å². The minimum Gasteiger partial charge on any atom is -0.507 e. The van der Waals surface area contributed by atoms with Crippen molar-refractivity contribution >= 4 is 33.9 Å². The van der Waals surface area contributed by atoms with Crippen molar-refractivity contribution in [3.63, 3.8) is 0 Å². The van der Waals surface area contributed by atoms with Gasteiger partial charge in [0, 0.05) is 10.4 Å². The molecule has 1 fully saturated rings. The Morgan fingerprint density at radius 2 is 1.85 bits per heavy atom. The van der Waals surface area contributed by atoms with Gasteiger partial charge in [-0.15, -0.1) is 11.3 Å². The molecule has 1 aromatic heterocycles. The fourth-order valence-electron chi connectivity index (χ4n) is 3.80. The summed E-state index contributed by atoms with van der Waals surface area (Å²) in [7, 11) is 1.41. The van der Waals surface area contributed by atoms with Crippen LogP contribution in [0.15, 0.2) is 48.0 Å². The van der Waals surface area contributed by atoms with Crippen molar-refractivity contribution in [2.24, 2.45) is 0 Å². The fraction of sp³-hybridized carbons (Fsp3) is 0.240. The van der Waals surface area contributed by atoms with E-state index >= 15 is 0 Å². The van der Waals surface area contributed by atoms with Gasteiger partial charge in [-0.3, -0.25) is 14.5 Å². The molecule has 3 aromatic rings. The fourth-order valence-corrected chi connectivity index (χ4v) is 4.74. The number of aliphatic hydroxyl groups excluding tert-OH is 1. The standard InChI is InChI=1S/C25H24N2O6S/c1-5-33-17-9-6-15(7-10-17)22(29)20-21(16-8-11-18(28)19(12-16)32-4)27(24(31)23(20)30)25-26-13(2)14(3)34-25/h6-12,21,28-29H,5H2,1-4H3/b22-20+/t21-/m0/s1. The molecule has 2 N–H and O–H groups in total. The number of aliphatic hydroxyl groups is 1. The molecule has 1 aliphatic rings. The van der Waals surface area contributed by atoms with Gasteiger partial charge in [0.15, 0.2) is 16.6 Å². The number of carbonyl (C=O) groups is 2. The molecule has 0 unspecified atom stereocenters. The first-order valence-corrected chi connectivity index (χ1v) is 11.4. The Kier molecular flexibility index (Phi) is 6.30. The van der Waals surface area contributed by atoms with Crippen LogP contribution >= 0.6 is 11.3 Å². The first-order valence-electron chi connectivity index (χ1n) is 10.6. The maximum atomic E-state index is 13.2. The summed E-state index contributed by atoms with van der Waals surface area (Å²) in [6.45, 7) is 6.06. The summed E-state index contributed by atoms with van der Waals surface area (Å²) in [4.78, 5) is 33.1. The Morgan fingerprint density at radius 1 is 1.15 bits per heavy atom. The van der Waals surface area contributed by atoms with Crippen LogP contribution in [0.2, 0.25) is 0 Å². The number of ketones is 1. The van der Waals surface area contributed by atoms with E-state index < -0.39 is 17.7 Å². The van der Waals surface area contributed by atoms with Gasteiger partial charge in [-0.1, -0.05) is 6.07 Å². The van der Waals surface area contributed by atoms with Crippen LogP contribution in [0.4, 0.5) is 5.13 Å². The molecule has 176 valence electrons. The van der Waals surface area contributed by atoms with E-state index in [1.807, 2.05) is 20.8 Å². The van der Waals surface area contributed by atoms with Gasteiger partial charge in [0.05, 0.1) is 31.0 Å². The molecule has 1 amide bonds. The predicted octanol–water partition coefficient (Wildman–Crippen LogP) is 4.50. The number of amides is 1. The number of phenolic OH excluding ortho intramolecular Hbond substituents is 1. The van der Waals surface area contributed by atoms with Crippen LogP contribution in [-0.2, 0) is 9.59 Å². The number of hydrogen-bond donors (Lipinski definition) is 2. The molecule has 1 saturated heterocycles. The first-order chi connectivity index (χ1) is 16.3. The monoisotopic (exact) mass is 480 g/mol. The second-order valence-electron chi connectivity index (χ2n) is 7.70. The number of thiazole rings is 1. The molecule has 1 aliphatic heterocycles. The molecule has 0 spiro atoms. The lowest BCUT2D eigenvalue weighted by Crippen LogP contribution is -2.29. The highest BCUT2D eigenvalue weighted by molar-refractivity contribution is 7.16. The Hall–Kier alpha value is -3.85. The number of nitrogens with zero attached hydrogens (tertiary/aromatic N) is 2. The quantitative estimate of drug-likeness (QED) is 0.304. The van der Waals surface area contributed by atoms with Crippen LogP contribution in [0.5, 0.6) is 17.2 Å². The number of rotatable bonds is 6. The van der Waals surface area contributed by atoms with E-state index in [1.165, 1.54) is 35.5 Å². The normalized spacial score (nSPS) is 17.3. The molecule has 2 heterocycles. The van der Waals surface area contributed by atoms with E-state index in [4.69, 9.17) is 9.47 Å². The molecule has 0 radical (unpaired) electrons.